The van der Waals surface area contributed by atoms with E-state index >= 15 is 0 Å². The Labute approximate surface area is 108 Å². The number of Topliss-reactive ketones (excluding diaryl/α,β-unsaturated/α-hetero) is 1. The molecule has 1 aromatic rings. The lowest BCUT2D eigenvalue weighted by Gasteiger charge is -2.29. The molecule has 0 unspecified atom stereocenters. The van der Waals surface area contributed by atoms with Gasteiger partial charge in [0.2, 0.25) is 0 Å². The maximum absolute atomic E-state index is 11.7. The quantitative estimate of drug-likeness (QED) is 0.769. The number of nitrogens with zero attached hydrogens (tertiary/aromatic N) is 1. The van der Waals surface area contributed by atoms with Crippen molar-refractivity contribution in [1.29, 1.82) is 0 Å². The van der Waals surface area contributed by atoms with Gasteiger partial charge in [-0.05, 0) is 36.5 Å². The Morgan fingerprint density at radius 1 is 1.28 bits per heavy atom. The molecule has 18 heavy (non-hydrogen) atoms. The molecule has 1 aliphatic carbocycles. The Morgan fingerprint density at radius 3 is 2.61 bits per heavy atom. The van der Waals surface area contributed by atoms with Gasteiger partial charge in [0.25, 0.3) is 0 Å². The number of nitrogen functional groups attached to an aromatic ring is 1. The molecular formula is C15H20N2O. The number of aliphatic imine (C=N–C) groups is 1. The molecule has 0 atom stereocenters. The van der Waals surface area contributed by atoms with Gasteiger partial charge in [-0.1, -0.05) is 19.9 Å². The van der Waals surface area contributed by atoms with Gasteiger partial charge in [-0.3, -0.25) is 9.79 Å². The zero-order chi connectivity index (χ0) is 13.3. The maximum Gasteiger partial charge on any atom is 0.139 e. The van der Waals surface area contributed by atoms with Crippen LogP contribution in [0.4, 0.5) is 11.4 Å². The van der Waals surface area contributed by atoms with Gasteiger partial charge in [-0.25, -0.2) is 0 Å². The molecule has 96 valence electrons. The minimum absolute atomic E-state index is 0.0215. The normalized spacial score (nSPS) is 21.3. The Kier molecular flexibility index (Phi) is 3.24. The molecule has 1 saturated carbocycles. The number of hydrogen-bond donors (Lipinski definition) is 1. The molecule has 0 aromatic heterocycles. The van der Waals surface area contributed by atoms with E-state index < -0.39 is 0 Å². The van der Waals surface area contributed by atoms with Crippen molar-refractivity contribution in [3.05, 3.63) is 23.8 Å². The van der Waals surface area contributed by atoms with Crippen LogP contribution in [0, 0.1) is 12.3 Å². The predicted molar refractivity (Wildman–Crippen MR) is 75.3 cm³/mol. The van der Waals surface area contributed by atoms with E-state index in [2.05, 4.69) is 18.8 Å². The lowest BCUT2D eigenvalue weighted by Crippen LogP contribution is -2.28. The summed E-state index contributed by atoms with van der Waals surface area (Å²) in [5, 5.41) is 0. The van der Waals surface area contributed by atoms with E-state index in [0.29, 0.717) is 18.5 Å². The molecule has 2 N–H and O–H groups in total. The van der Waals surface area contributed by atoms with E-state index in [4.69, 9.17) is 5.73 Å². The van der Waals surface area contributed by atoms with Gasteiger partial charge in [0.05, 0.1) is 11.4 Å². The number of benzene rings is 1. The molecule has 1 aliphatic rings. The largest absolute Gasteiger partial charge is 0.397 e. The molecule has 3 heteroatoms. The van der Waals surface area contributed by atoms with Crippen molar-refractivity contribution >= 4 is 22.9 Å². The summed E-state index contributed by atoms with van der Waals surface area (Å²) in [6.07, 6.45) is 1.98. The molecule has 1 fully saturated rings. The lowest BCUT2D eigenvalue weighted by molar-refractivity contribution is -0.120. The van der Waals surface area contributed by atoms with E-state index in [1.165, 1.54) is 0 Å². The monoisotopic (exact) mass is 244 g/mol. The van der Waals surface area contributed by atoms with Gasteiger partial charge in [0, 0.05) is 18.6 Å². The third-order valence-electron chi connectivity index (χ3n) is 3.22. The zero-order valence-corrected chi connectivity index (χ0v) is 11.3. The van der Waals surface area contributed by atoms with Crippen LogP contribution in [0.3, 0.4) is 0 Å². The van der Waals surface area contributed by atoms with Crippen LogP contribution in [0.25, 0.3) is 0 Å². The van der Waals surface area contributed by atoms with Gasteiger partial charge in [0.15, 0.2) is 0 Å². The molecule has 0 amide bonds. The minimum atomic E-state index is 0.0215. The van der Waals surface area contributed by atoms with Crippen LogP contribution in [-0.4, -0.2) is 11.5 Å². The SMILES string of the molecule is Cc1ccc(N=C2CC(=O)CC(C)(C)C2)c(N)c1. The Balaban J connectivity index is 2.30. The van der Waals surface area contributed by atoms with Crippen molar-refractivity contribution in [2.45, 2.75) is 40.0 Å². The zero-order valence-electron chi connectivity index (χ0n) is 11.3. The highest BCUT2D eigenvalue weighted by molar-refractivity contribution is 6.06. The molecule has 0 aliphatic heterocycles. The molecule has 0 heterocycles. The van der Waals surface area contributed by atoms with Gasteiger partial charge in [-0.15, -0.1) is 0 Å². The third kappa shape index (κ3) is 2.97. The van der Waals surface area contributed by atoms with Crippen LogP contribution in [0.1, 0.15) is 38.7 Å². The van der Waals surface area contributed by atoms with Crippen LogP contribution in [0.2, 0.25) is 0 Å². The number of hydrogen-bond acceptors (Lipinski definition) is 3. The molecule has 0 radical (unpaired) electrons. The Morgan fingerprint density at radius 2 is 2.00 bits per heavy atom. The van der Waals surface area contributed by atoms with E-state index in [1.807, 2.05) is 25.1 Å². The number of carbonyl (C=O) groups is 1. The first kappa shape index (κ1) is 12.8. The van der Waals surface area contributed by atoms with E-state index in [-0.39, 0.29) is 11.2 Å². The van der Waals surface area contributed by atoms with Crippen LogP contribution >= 0.6 is 0 Å². The van der Waals surface area contributed by atoms with Gasteiger partial charge in [0.1, 0.15) is 5.78 Å². The number of anilines is 1. The minimum Gasteiger partial charge on any atom is -0.397 e. The average molecular weight is 244 g/mol. The second kappa shape index (κ2) is 4.56. The van der Waals surface area contributed by atoms with Crippen molar-refractivity contribution in [2.75, 3.05) is 5.73 Å². The topological polar surface area (TPSA) is 55.5 Å². The van der Waals surface area contributed by atoms with Crippen LogP contribution in [0.15, 0.2) is 23.2 Å². The fraction of sp³-hybridized carbons (Fsp3) is 0.467. The first-order chi connectivity index (χ1) is 8.35. The summed E-state index contributed by atoms with van der Waals surface area (Å²) in [4.78, 5) is 16.3. The smallest absolute Gasteiger partial charge is 0.139 e. The van der Waals surface area contributed by atoms with E-state index in [1.54, 1.807) is 0 Å². The average Bonchev–Trinajstić information content (AvgIpc) is 2.19. The molecule has 0 spiro atoms. The number of ketones is 1. The van der Waals surface area contributed by atoms with Gasteiger partial charge >= 0.3 is 0 Å². The Hall–Kier alpha value is -1.64. The fourth-order valence-electron chi connectivity index (χ4n) is 2.53. The summed E-state index contributed by atoms with van der Waals surface area (Å²) in [7, 11) is 0. The fourth-order valence-corrected chi connectivity index (χ4v) is 2.53. The van der Waals surface area contributed by atoms with Crippen molar-refractivity contribution in [1.82, 2.24) is 0 Å². The van der Waals surface area contributed by atoms with Gasteiger partial charge in [-0.2, -0.15) is 0 Å². The summed E-state index contributed by atoms with van der Waals surface area (Å²) < 4.78 is 0. The summed E-state index contributed by atoms with van der Waals surface area (Å²) in [5.41, 5.74) is 9.50. The van der Waals surface area contributed by atoms with Gasteiger partial charge < -0.3 is 5.73 Å². The number of carbonyl (C=O) groups excluding carboxylic acids is 1. The van der Waals surface area contributed by atoms with Crippen LogP contribution in [-0.2, 0) is 4.79 Å². The van der Waals surface area contributed by atoms with Crippen molar-refractivity contribution < 1.29 is 4.79 Å². The number of aryl methyl sites for hydroxylation is 1. The molecular weight excluding hydrogens is 224 g/mol. The molecule has 1 aromatic carbocycles. The summed E-state index contributed by atoms with van der Waals surface area (Å²) in [6.45, 7) is 6.22. The van der Waals surface area contributed by atoms with Crippen LogP contribution in [0.5, 0.6) is 0 Å². The van der Waals surface area contributed by atoms with Crippen molar-refractivity contribution in [3.8, 4) is 0 Å². The number of nitrogens with two attached hydrogens (primary N) is 1. The highest BCUT2D eigenvalue weighted by Gasteiger charge is 2.30. The first-order valence-corrected chi connectivity index (χ1v) is 6.30. The molecule has 3 nitrogen and oxygen atoms in total. The molecule has 0 saturated heterocycles. The molecule has 0 bridgehead atoms. The highest BCUT2D eigenvalue weighted by atomic mass is 16.1. The van der Waals surface area contributed by atoms with Crippen molar-refractivity contribution in [3.63, 3.8) is 0 Å². The third-order valence-corrected chi connectivity index (χ3v) is 3.22. The maximum atomic E-state index is 11.7. The molecule has 2 rings (SSSR count). The van der Waals surface area contributed by atoms with E-state index in [9.17, 15) is 4.79 Å². The number of rotatable bonds is 1. The van der Waals surface area contributed by atoms with E-state index in [0.717, 1.165) is 23.4 Å². The summed E-state index contributed by atoms with van der Waals surface area (Å²) >= 11 is 0. The predicted octanol–water partition coefficient (Wildman–Crippen LogP) is 3.43. The van der Waals surface area contributed by atoms with Crippen molar-refractivity contribution in [2.24, 2.45) is 10.4 Å². The summed E-state index contributed by atoms with van der Waals surface area (Å²) in [6, 6.07) is 5.82. The van der Waals surface area contributed by atoms with Crippen LogP contribution < -0.4 is 5.73 Å². The second-order valence-electron chi connectivity index (χ2n) is 5.97. The standard InChI is InChI=1S/C15H20N2O/c1-10-4-5-14(13(16)6-10)17-11-7-12(18)9-15(2,3)8-11/h4-6H,7-9,16H2,1-3H3. The first-order valence-electron chi connectivity index (χ1n) is 6.30. The second-order valence-corrected chi connectivity index (χ2v) is 5.97. The Bertz CT molecular complexity index is 515. The summed E-state index contributed by atoms with van der Waals surface area (Å²) in [5.74, 6) is 0.274. The highest BCUT2D eigenvalue weighted by Crippen LogP contribution is 2.33. The lowest BCUT2D eigenvalue weighted by atomic mass is 9.76.